The van der Waals surface area contributed by atoms with Crippen LogP contribution in [0.3, 0.4) is 0 Å². The molecule has 0 aliphatic rings. The number of anilines is 1. The number of nitrogens with two attached hydrogens (primary N) is 1. The Morgan fingerprint density at radius 2 is 1.90 bits per heavy atom. The van der Waals surface area contributed by atoms with E-state index >= 15 is 0 Å². The second-order valence-corrected chi connectivity index (χ2v) is 4.96. The van der Waals surface area contributed by atoms with E-state index in [2.05, 4.69) is 10.6 Å². The van der Waals surface area contributed by atoms with Crippen molar-refractivity contribution in [1.29, 1.82) is 0 Å². The van der Waals surface area contributed by atoms with E-state index < -0.39 is 6.04 Å². The third-order valence-corrected chi connectivity index (χ3v) is 3.37. The first kappa shape index (κ1) is 17.1. The average molecular weight is 293 g/mol. The van der Waals surface area contributed by atoms with Crippen molar-refractivity contribution in [3.63, 3.8) is 0 Å². The summed E-state index contributed by atoms with van der Waals surface area (Å²) in [6, 6.07) is 5.96. The van der Waals surface area contributed by atoms with Gasteiger partial charge >= 0.3 is 0 Å². The molecule has 1 aromatic carbocycles. The van der Waals surface area contributed by atoms with Crippen LogP contribution in [0.5, 0.6) is 0 Å². The summed E-state index contributed by atoms with van der Waals surface area (Å²) in [6.45, 7) is 4.02. The van der Waals surface area contributed by atoms with Gasteiger partial charge in [0.05, 0.1) is 12.6 Å². The highest BCUT2D eigenvalue weighted by Crippen LogP contribution is 2.12. The highest BCUT2D eigenvalue weighted by Gasteiger charge is 2.19. The van der Waals surface area contributed by atoms with Gasteiger partial charge in [-0.1, -0.05) is 20.3 Å². The number of hydrogen-bond acceptors (Lipinski definition) is 4. The molecule has 2 atom stereocenters. The number of carbonyl (C=O) groups is 2. The number of benzene rings is 1. The van der Waals surface area contributed by atoms with Crippen LogP contribution in [0.25, 0.3) is 0 Å². The van der Waals surface area contributed by atoms with E-state index in [1.165, 1.54) is 0 Å². The fraction of sp³-hybridized carbons (Fsp3) is 0.467. The first-order chi connectivity index (χ1) is 9.99. The van der Waals surface area contributed by atoms with Crippen LogP contribution in [0.4, 0.5) is 5.69 Å². The van der Waals surface area contributed by atoms with Gasteiger partial charge in [-0.15, -0.1) is 0 Å². The first-order valence-corrected chi connectivity index (χ1v) is 7.05. The molecule has 21 heavy (non-hydrogen) atoms. The van der Waals surface area contributed by atoms with E-state index in [0.29, 0.717) is 11.3 Å². The van der Waals surface area contributed by atoms with Crippen LogP contribution in [0, 0.1) is 5.92 Å². The average Bonchev–Trinajstić information content (AvgIpc) is 2.51. The molecule has 0 heterocycles. The standard InChI is InChI=1S/C15H23N3O3/c1-3-10(2)13(16)15(21)18-12-6-4-11(5-7-12)14(20)17-8-9-19/h4-7,10,13,19H,3,8-9,16H2,1-2H3,(H,17,20)(H,18,21). The molecule has 0 aliphatic heterocycles. The van der Waals surface area contributed by atoms with Gasteiger partial charge in [0.2, 0.25) is 5.91 Å². The molecule has 6 heteroatoms. The first-order valence-electron chi connectivity index (χ1n) is 7.05. The molecular weight excluding hydrogens is 270 g/mol. The monoisotopic (exact) mass is 293 g/mol. The number of amides is 2. The van der Waals surface area contributed by atoms with Crippen LogP contribution in [-0.4, -0.2) is 36.1 Å². The molecule has 1 rings (SSSR count). The van der Waals surface area contributed by atoms with Gasteiger partial charge in [-0.3, -0.25) is 9.59 Å². The Morgan fingerprint density at radius 3 is 2.43 bits per heavy atom. The molecule has 0 spiro atoms. The smallest absolute Gasteiger partial charge is 0.251 e. The van der Waals surface area contributed by atoms with E-state index in [4.69, 9.17) is 10.8 Å². The lowest BCUT2D eigenvalue weighted by Crippen LogP contribution is -2.40. The van der Waals surface area contributed by atoms with Crippen molar-refractivity contribution in [2.24, 2.45) is 11.7 Å². The Hall–Kier alpha value is -1.92. The molecule has 1 aromatic rings. The van der Waals surface area contributed by atoms with Crippen molar-refractivity contribution in [3.8, 4) is 0 Å². The highest BCUT2D eigenvalue weighted by atomic mass is 16.3. The van der Waals surface area contributed by atoms with Crippen molar-refractivity contribution in [3.05, 3.63) is 29.8 Å². The Kier molecular flexibility index (Phi) is 6.84. The zero-order chi connectivity index (χ0) is 15.8. The lowest BCUT2D eigenvalue weighted by Gasteiger charge is -2.17. The molecule has 0 fully saturated rings. The van der Waals surface area contributed by atoms with Gasteiger partial charge in [0.25, 0.3) is 5.91 Å². The molecule has 0 radical (unpaired) electrons. The van der Waals surface area contributed by atoms with Crippen molar-refractivity contribution < 1.29 is 14.7 Å². The van der Waals surface area contributed by atoms with Crippen LogP contribution in [0.15, 0.2) is 24.3 Å². The summed E-state index contributed by atoms with van der Waals surface area (Å²) in [5, 5.41) is 13.9. The Morgan fingerprint density at radius 1 is 1.29 bits per heavy atom. The zero-order valence-corrected chi connectivity index (χ0v) is 12.4. The van der Waals surface area contributed by atoms with E-state index in [-0.39, 0.29) is 30.9 Å². The van der Waals surface area contributed by atoms with Gasteiger partial charge in [0.1, 0.15) is 0 Å². The molecule has 116 valence electrons. The Bertz CT molecular complexity index is 474. The molecule has 6 nitrogen and oxygen atoms in total. The molecule has 0 saturated heterocycles. The molecule has 5 N–H and O–H groups in total. The van der Waals surface area contributed by atoms with Gasteiger partial charge in [-0.25, -0.2) is 0 Å². The summed E-state index contributed by atoms with van der Waals surface area (Å²) in [5.41, 5.74) is 6.91. The van der Waals surface area contributed by atoms with Crippen molar-refractivity contribution in [2.75, 3.05) is 18.5 Å². The molecule has 0 aromatic heterocycles. The maximum absolute atomic E-state index is 11.9. The minimum atomic E-state index is -0.553. The second kappa shape index (κ2) is 8.39. The third kappa shape index (κ3) is 5.17. The molecule has 0 saturated carbocycles. The quantitative estimate of drug-likeness (QED) is 0.594. The van der Waals surface area contributed by atoms with Crippen molar-refractivity contribution in [2.45, 2.75) is 26.3 Å². The molecule has 2 amide bonds. The zero-order valence-electron chi connectivity index (χ0n) is 12.4. The molecule has 0 aliphatic carbocycles. The molecular formula is C15H23N3O3. The summed E-state index contributed by atoms with van der Waals surface area (Å²) in [7, 11) is 0. The maximum atomic E-state index is 11.9. The topological polar surface area (TPSA) is 104 Å². The summed E-state index contributed by atoms with van der Waals surface area (Å²) in [5.74, 6) is -0.395. The van der Waals surface area contributed by atoms with Crippen LogP contribution in [0.2, 0.25) is 0 Å². The Balaban J connectivity index is 2.62. The fourth-order valence-corrected chi connectivity index (χ4v) is 1.71. The number of aliphatic hydroxyl groups is 1. The van der Waals surface area contributed by atoms with Crippen molar-refractivity contribution >= 4 is 17.5 Å². The van der Waals surface area contributed by atoms with E-state index in [0.717, 1.165) is 6.42 Å². The number of nitrogens with one attached hydrogen (secondary N) is 2. The van der Waals surface area contributed by atoms with Crippen LogP contribution >= 0.6 is 0 Å². The second-order valence-electron chi connectivity index (χ2n) is 4.96. The van der Waals surface area contributed by atoms with Crippen LogP contribution < -0.4 is 16.4 Å². The summed E-state index contributed by atoms with van der Waals surface area (Å²) < 4.78 is 0. The predicted octanol–water partition coefficient (Wildman–Crippen LogP) is 0.721. The van der Waals surface area contributed by atoms with Gasteiger partial charge in [-0.2, -0.15) is 0 Å². The normalized spacial score (nSPS) is 13.3. The minimum absolute atomic E-state index is 0.104. The largest absolute Gasteiger partial charge is 0.395 e. The predicted molar refractivity (Wildman–Crippen MR) is 81.9 cm³/mol. The SMILES string of the molecule is CCC(C)C(N)C(=O)Nc1ccc(C(=O)NCCO)cc1. The van der Waals surface area contributed by atoms with Crippen molar-refractivity contribution in [1.82, 2.24) is 5.32 Å². The summed E-state index contributed by atoms with van der Waals surface area (Å²) in [6.07, 6.45) is 0.832. The highest BCUT2D eigenvalue weighted by molar-refractivity contribution is 5.97. The van der Waals surface area contributed by atoms with E-state index in [1.54, 1.807) is 24.3 Å². The summed E-state index contributed by atoms with van der Waals surface area (Å²) in [4.78, 5) is 23.6. The third-order valence-electron chi connectivity index (χ3n) is 3.37. The number of rotatable bonds is 7. The van der Waals surface area contributed by atoms with Gasteiger partial charge in [0.15, 0.2) is 0 Å². The fourth-order valence-electron chi connectivity index (χ4n) is 1.71. The molecule has 0 bridgehead atoms. The molecule has 2 unspecified atom stereocenters. The van der Waals surface area contributed by atoms with Gasteiger partial charge in [-0.05, 0) is 30.2 Å². The number of carbonyl (C=O) groups excluding carboxylic acids is 2. The lowest BCUT2D eigenvalue weighted by molar-refractivity contribution is -0.118. The number of hydrogen-bond donors (Lipinski definition) is 4. The van der Waals surface area contributed by atoms with Crippen LogP contribution in [0.1, 0.15) is 30.6 Å². The maximum Gasteiger partial charge on any atom is 0.251 e. The van der Waals surface area contributed by atoms with Crippen LogP contribution in [-0.2, 0) is 4.79 Å². The van der Waals surface area contributed by atoms with Gasteiger partial charge < -0.3 is 21.5 Å². The van der Waals surface area contributed by atoms with E-state index in [9.17, 15) is 9.59 Å². The Labute approximate surface area is 124 Å². The number of aliphatic hydroxyl groups excluding tert-OH is 1. The lowest BCUT2D eigenvalue weighted by atomic mass is 9.99. The summed E-state index contributed by atoms with van der Waals surface area (Å²) >= 11 is 0. The van der Waals surface area contributed by atoms with E-state index in [1.807, 2.05) is 13.8 Å². The van der Waals surface area contributed by atoms with Gasteiger partial charge in [0, 0.05) is 17.8 Å². The minimum Gasteiger partial charge on any atom is -0.395 e.